The quantitative estimate of drug-likeness (QED) is 0.290. The molecule has 0 atom stereocenters. The van der Waals surface area contributed by atoms with Crippen LogP contribution < -0.4 is 5.01 Å². The van der Waals surface area contributed by atoms with Gasteiger partial charge >= 0.3 is 0 Å². The summed E-state index contributed by atoms with van der Waals surface area (Å²) in [5.41, 5.74) is 3.77. The van der Waals surface area contributed by atoms with Gasteiger partial charge in [-0.25, -0.2) is 9.69 Å². The highest BCUT2D eigenvalue weighted by Gasteiger charge is 2.08. The first-order valence-corrected chi connectivity index (χ1v) is 9.75. The fourth-order valence-corrected chi connectivity index (χ4v) is 3.17. The van der Waals surface area contributed by atoms with Gasteiger partial charge in [-0.15, -0.1) is 5.10 Å². The Bertz CT molecular complexity index is 1220. The van der Waals surface area contributed by atoms with Gasteiger partial charge in [-0.1, -0.05) is 36.4 Å². The Morgan fingerprint density at radius 2 is 1.45 bits per heavy atom. The van der Waals surface area contributed by atoms with Crippen LogP contribution in [0.5, 0.6) is 0 Å². The SMILES string of the molecule is C(=N\N(c1ccccc1)c1ccccc1)/c1ccc(-c2ccc(-n3cnnn3)cc2)o1. The van der Waals surface area contributed by atoms with Crippen LogP contribution in [0.25, 0.3) is 17.0 Å². The molecule has 2 aromatic heterocycles. The summed E-state index contributed by atoms with van der Waals surface area (Å²) in [5, 5.41) is 17.8. The van der Waals surface area contributed by atoms with Gasteiger partial charge in [0.15, 0.2) is 0 Å². The molecular weight excluding hydrogens is 388 g/mol. The van der Waals surface area contributed by atoms with Crippen LogP contribution in [-0.2, 0) is 0 Å². The maximum Gasteiger partial charge on any atom is 0.147 e. The van der Waals surface area contributed by atoms with E-state index in [1.807, 2.05) is 102 Å². The molecule has 5 aromatic rings. The molecule has 0 saturated heterocycles. The molecule has 0 aliphatic rings. The summed E-state index contributed by atoms with van der Waals surface area (Å²) in [4.78, 5) is 0. The number of benzene rings is 3. The summed E-state index contributed by atoms with van der Waals surface area (Å²) in [6, 6.07) is 31.7. The lowest BCUT2D eigenvalue weighted by atomic mass is 10.1. The van der Waals surface area contributed by atoms with Crippen LogP contribution >= 0.6 is 0 Å². The minimum absolute atomic E-state index is 0.663. The molecule has 0 unspecified atom stereocenters. The summed E-state index contributed by atoms with van der Waals surface area (Å²) in [5.74, 6) is 1.42. The van der Waals surface area contributed by atoms with E-state index < -0.39 is 0 Å². The third kappa shape index (κ3) is 4.11. The van der Waals surface area contributed by atoms with Crippen LogP contribution in [0.4, 0.5) is 11.4 Å². The maximum atomic E-state index is 6.00. The van der Waals surface area contributed by atoms with E-state index in [1.165, 1.54) is 0 Å². The molecule has 0 radical (unpaired) electrons. The summed E-state index contributed by atoms with van der Waals surface area (Å²) < 4.78 is 7.60. The lowest BCUT2D eigenvalue weighted by Crippen LogP contribution is -2.08. The predicted octanol–water partition coefficient (Wildman–Crippen LogP) is 5.09. The van der Waals surface area contributed by atoms with Crippen LogP contribution in [-0.4, -0.2) is 26.4 Å². The molecule has 3 aromatic carbocycles. The molecule has 31 heavy (non-hydrogen) atoms. The van der Waals surface area contributed by atoms with Gasteiger partial charge in [-0.05, 0) is 71.1 Å². The molecule has 0 aliphatic heterocycles. The van der Waals surface area contributed by atoms with E-state index in [-0.39, 0.29) is 0 Å². The average Bonchev–Trinajstić information content (AvgIpc) is 3.54. The molecule has 7 heteroatoms. The second-order valence-electron chi connectivity index (χ2n) is 6.73. The first-order chi connectivity index (χ1) is 15.4. The molecule has 7 nitrogen and oxygen atoms in total. The Kier molecular flexibility index (Phi) is 5.05. The summed E-state index contributed by atoms with van der Waals surface area (Å²) in [6.07, 6.45) is 3.28. The number of hydrazone groups is 1. The van der Waals surface area contributed by atoms with Crippen molar-refractivity contribution >= 4 is 17.6 Å². The van der Waals surface area contributed by atoms with Crippen molar-refractivity contribution in [1.29, 1.82) is 0 Å². The number of para-hydroxylation sites is 2. The van der Waals surface area contributed by atoms with Crippen LogP contribution in [0.2, 0.25) is 0 Å². The molecule has 0 spiro atoms. The first-order valence-electron chi connectivity index (χ1n) is 9.75. The lowest BCUT2D eigenvalue weighted by molar-refractivity contribution is 0.575. The Hall–Kier alpha value is -4.52. The van der Waals surface area contributed by atoms with Gasteiger partial charge in [0.05, 0.1) is 23.3 Å². The number of hydrogen-bond donors (Lipinski definition) is 0. The molecule has 0 aliphatic carbocycles. The minimum atomic E-state index is 0.663. The van der Waals surface area contributed by atoms with Crippen molar-refractivity contribution in [1.82, 2.24) is 20.2 Å². The van der Waals surface area contributed by atoms with Gasteiger partial charge in [0, 0.05) is 5.56 Å². The number of nitrogens with zero attached hydrogens (tertiary/aromatic N) is 6. The molecule has 0 fully saturated rings. The Balaban J connectivity index is 1.39. The van der Waals surface area contributed by atoms with Gasteiger partial charge in [-0.3, -0.25) is 0 Å². The number of anilines is 2. The number of tetrazole rings is 1. The van der Waals surface area contributed by atoms with Crippen LogP contribution in [0.1, 0.15) is 5.76 Å². The number of furan rings is 1. The topological polar surface area (TPSA) is 72.3 Å². The lowest BCUT2D eigenvalue weighted by Gasteiger charge is -2.18. The third-order valence-corrected chi connectivity index (χ3v) is 4.69. The number of aromatic nitrogens is 4. The molecule has 0 N–H and O–H groups in total. The van der Waals surface area contributed by atoms with Crippen LogP contribution in [0.3, 0.4) is 0 Å². The van der Waals surface area contributed by atoms with Crippen molar-refractivity contribution in [2.45, 2.75) is 0 Å². The second-order valence-corrected chi connectivity index (χ2v) is 6.73. The standard InChI is InChI=1S/C24H18N6O/c1-3-7-21(8-4-1)30(22-9-5-2-6-10-22)26-17-23-15-16-24(31-23)19-11-13-20(14-12-19)29-18-25-27-28-29/h1-18H/b26-17+. The zero-order chi connectivity index (χ0) is 20.9. The van der Waals surface area contributed by atoms with Crippen molar-refractivity contribution < 1.29 is 4.42 Å². The Morgan fingerprint density at radius 3 is 2.06 bits per heavy atom. The van der Waals surface area contributed by atoms with E-state index in [9.17, 15) is 0 Å². The smallest absolute Gasteiger partial charge is 0.147 e. The summed E-state index contributed by atoms with van der Waals surface area (Å²) >= 11 is 0. The van der Waals surface area contributed by atoms with Crippen molar-refractivity contribution in [3.8, 4) is 17.0 Å². The zero-order valence-corrected chi connectivity index (χ0v) is 16.5. The van der Waals surface area contributed by atoms with Crippen molar-refractivity contribution in [2.75, 3.05) is 5.01 Å². The molecule has 0 saturated carbocycles. The van der Waals surface area contributed by atoms with Gasteiger partial charge < -0.3 is 4.42 Å². The van der Waals surface area contributed by atoms with E-state index in [4.69, 9.17) is 4.42 Å². The van der Waals surface area contributed by atoms with Crippen LogP contribution in [0, 0.1) is 0 Å². The van der Waals surface area contributed by atoms with Gasteiger partial charge in [0.2, 0.25) is 0 Å². The maximum absolute atomic E-state index is 6.00. The molecular formula is C24H18N6O. The normalized spacial score (nSPS) is 11.1. The monoisotopic (exact) mass is 406 g/mol. The number of rotatable bonds is 6. The van der Waals surface area contributed by atoms with E-state index in [1.54, 1.807) is 17.2 Å². The van der Waals surface area contributed by atoms with Crippen LogP contribution in [0.15, 0.2) is 113 Å². The number of hydrogen-bond acceptors (Lipinski definition) is 6. The second kappa shape index (κ2) is 8.46. The predicted molar refractivity (Wildman–Crippen MR) is 119 cm³/mol. The average molecular weight is 406 g/mol. The summed E-state index contributed by atoms with van der Waals surface area (Å²) in [7, 11) is 0. The molecule has 150 valence electrons. The van der Waals surface area contributed by atoms with Crippen molar-refractivity contribution in [3.63, 3.8) is 0 Å². The van der Waals surface area contributed by atoms with Gasteiger partial charge in [0.25, 0.3) is 0 Å². The molecule has 2 heterocycles. The van der Waals surface area contributed by atoms with Crippen molar-refractivity contribution in [3.05, 3.63) is 109 Å². The zero-order valence-electron chi connectivity index (χ0n) is 16.5. The highest BCUT2D eigenvalue weighted by molar-refractivity contribution is 5.80. The Labute approximate surface area is 178 Å². The van der Waals surface area contributed by atoms with E-state index in [2.05, 4.69) is 20.6 Å². The fraction of sp³-hybridized carbons (Fsp3) is 0. The molecule has 0 amide bonds. The van der Waals surface area contributed by atoms with E-state index in [0.717, 1.165) is 28.4 Å². The van der Waals surface area contributed by atoms with E-state index in [0.29, 0.717) is 5.76 Å². The first kappa shape index (κ1) is 18.5. The highest BCUT2D eigenvalue weighted by atomic mass is 16.3. The minimum Gasteiger partial charge on any atom is -0.455 e. The highest BCUT2D eigenvalue weighted by Crippen LogP contribution is 2.26. The van der Waals surface area contributed by atoms with Crippen molar-refractivity contribution in [2.24, 2.45) is 5.10 Å². The molecule has 0 bridgehead atoms. The Morgan fingerprint density at radius 1 is 0.774 bits per heavy atom. The molecule has 5 rings (SSSR count). The fourth-order valence-electron chi connectivity index (χ4n) is 3.17. The largest absolute Gasteiger partial charge is 0.455 e. The third-order valence-electron chi connectivity index (χ3n) is 4.69. The van der Waals surface area contributed by atoms with Gasteiger partial charge in [-0.2, -0.15) is 5.10 Å². The van der Waals surface area contributed by atoms with E-state index >= 15 is 0 Å². The van der Waals surface area contributed by atoms with Gasteiger partial charge in [0.1, 0.15) is 17.8 Å². The summed E-state index contributed by atoms with van der Waals surface area (Å²) in [6.45, 7) is 0.